The molecule has 2 aromatic rings. The molecule has 6 nitrogen and oxygen atoms in total. The molecule has 7 heteroatoms. The maximum atomic E-state index is 13.8. The fourth-order valence-electron chi connectivity index (χ4n) is 5.02. The number of anilines is 1. The van der Waals surface area contributed by atoms with Gasteiger partial charge in [0.2, 0.25) is 0 Å². The second kappa shape index (κ2) is 8.90. The number of fused-ring (bicyclic) bond motifs is 1. The lowest BCUT2D eigenvalue weighted by Crippen LogP contribution is -2.46. The van der Waals surface area contributed by atoms with E-state index in [1.807, 2.05) is 18.7 Å². The van der Waals surface area contributed by atoms with E-state index in [2.05, 4.69) is 29.0 Å². The number of amides is 2. The topological polar surface area (TPSA) is 68.4 Å². The van der Waals surface area contributed by atoms with E-state index >= 15 is 0 Å². The zero-order valence-corrected chi connectivity index (χ0v) is 19.2. The second-order valence-corrected chi connectivity index (χ2v) is 8.61. The summed E-state index contributed by atoms with van der Waals surface area (Å²) >= 11 is 0. The molecule has 32 heavy (non-hydrogen) atoms. The van der Waals surface area contributed by atoms with Gasteiger partial charge in [0.25, 0.3) is 11.8 Å². The molecule has 0 spiro atoms. The Morgan fingerprint density at radius 3 is 2.56 bits per heavy atom. The lowest BCUT2D eigenvalue weighted by Gasteiger charge is -2.37. The highest BCUT2D eigenvalue weighted by atomic mass is 19.1. The van der Waals surface area contributed by atoms with Crippen molar-refractivity contribution in [3.05, 3.63) is 52.1 Å². The van der Waals surface area contributed by atoms with Crippen molar-refractivity contribution in [2.75, 3.05) is 31.5 Å². The average Bonchev–Trinajstić information content (AvgIpc) is 3.24. The molecule has 3 heterocycles. The van der Waals surface area contributed by atoms with Gasteiger partial charge >= 0.3 is 0 Å². The molecule has 1 saturated heterocycles. The first kappa shape index (κ1) is 22.3. The van der Waals surface area contributed by atoms with Crippen molar-refractivity contribution in [2.24, 2.45) is 0 Å². The zero-order chi connectivity index (χ0) is 23.0. The Bertz CT molecular complexity index is 1080. The minimum atomic E-state index is -0.394. The monoisotopic (exact) mass is 438 g/mol. The van der Waals surface area contributed by atoms with Gasteiger partial charge in [-0.25, -0.2) is 4.39 Å². The van der Waals surface area contributed by atoms with Crippen LogP contribution in [-0.2, 0) is 4.79 Å². The van der Waals surface area contributed by atoms with Gasteiger partial charge < -0.3 is 20.1 Å². The van der Waals surface area contributed by atoms with E-state index in [1.165, 1.54) is 12.1 Å². The number of nitrogens with one attached hydrogen (secondary N) is 2. The number of aromatic amines is 1. The summed E-state index contributed by atoms with van der Waals surface area (Å²) in [6.07, 6.45) is 3.68. The number of hydrogen-bond donors (Lipinski definition) is 2. The number of rotatable bonds is 5. The minimum absolute atomic E-state index is 0.0289. The van der Waals surface area contributed by atoms with Gasteiger partial charge in [0.15, 0.2) is 0 Å². The second-order valence-electron chi connectivity index (χ2n) is 8.61. The van der Waals surface area contributed by atoms with Crippen LogP contribution in [0.25, 0.3) is 11.6 Å². The Hall–Kier alpha value is -2.93. The van der Waals surface area contributed by atoms with Crippen LogP contribution in [0.3, 0.4) is 0 Å². The first-order chi connectivity index (χ1) is 15.3. The minimum Gasteiger partial charge on any atom is -0.358 e. The molecule has 0 unspecified atom stereocenters. The third kappa shape index (κ3) is 3.97. The molecule has 2 amide bonds. The van der Waals surface area contributed by atoms with Gasteiger partial charge in [-0.1, -0.05) is 13.8 Å². The van der Waals surface area contributed by atoms with Gasteiger partial charge in [-0.2, -0.15) is 0 Å². The summed E-state index contributed by atoms with van der Waals surface area (Å²) in [6.45, 7) is 11.7. The van der Waals surface area contributed by atoms with Crippen molar-refractivity contribution in [3.8, 4) is 0 Å². The Labute approximate surface area is 188 Å². The molecule has 0 bridgehead atoms. The van der Waals surface area contributed by atoms with Crippen LogP contribution >= 0.6 is 0 Å². The summed E-state index contributed by atoms with van der Waals surface area (Å²) < 4.78 is 13.8. The zero-order valence-electron chi connectivity index (χ0n) is 19.2. The summed E-state index contributed by atoms with van der Waals surface area (Å²) in [7, 11) is 0. The first-order valence-corrected chi connectivity index (χ1v) is 11.4. The van der Waals surface area contributed by atoms with Crippen molar-refractivity contribution in [3.63, 3.8) is 0 Å². The normalized spacial score (nSPS) is 17.9. The SMILES string of the molecule is CCN(CC)C1CCN(C(=O)c2c(C)[nH]c(/C=C3\C(=O)Nc4ccc(F)cc43)c2C)CC1. The van der Waals surface area contributed by atoms with Crippen LogP contribution in [-0.4, -0.2) is 58.8 Å². The highest BCUT2D eigenvalue weighted by Crippen LogP contribution is 2.34. The van der Waals surface area contributed by atoms with Crippen LogP contribution in [0, 0.1) is 19.7 Å². The summed E-state index contributed by atoms with van der Waals surface area (Å²) in [5.41, 5.74) is 4.47. The molecule has 2 N–H and O–H groups in total. The van der Waals surface area contributed by atoms with E-state index in [0.717, 1.165) is 50.3 Å². The summed E-state index contributed by atoms with van der Waals surface area (Å²) in [5.74, 6) is -0.640. The Morgan fingerprint density at radius 1 is 1.22 bits per heavy atom. The lowest BCUT2D eigenvalue weighted by atomic mass is 10.0. The number of hydrogen-bond acceptors (Lipinski definition) is 3. The average molecular weight is 439 g/mol. The quantitative estimate of drug-likeness (QED) is 0.687. The van der Waals surface area contributed by atoms with Gasteiger partial charge in [0, 0.05) is 41.8 Å². The third-order valence-corrected chi connectivity index (χ3v) is 6.82. The van der Waals surface area contributed by atoms with E-state index < -0.39 is 5.82 Å². The van der Waals surface area contributed by atoms with Gasteiger partial charge in [0.1, 0.15) is 5.82 Å². The molecule has 2 aliphatic rings. The summed E-state index contributed by atoms with van der Waals surface area (Å²) in [6, 6.07) is 4.78. The van der Waals surface area contributed by atoms with E-state index in [-0.39, 0.29) is 11.8 Å². The smallest absolute Gasteiger partial charge is 0.256 e. The largest absolute Gasteiger partial charge is 0.358 e. The lowest BCUT2D eigenvalue weighted by molar-refractivity contribution is -0.110. The molecule has 1 aromatic carbocycles. The first-order valence-electron chi connectivity index (χ1n) is 11.4. The van der Waals surface area contributed by atoms with E-state index in [4.69, 9.17) is 0 Å². The van der Waals surface area contributed by atoms with Crippen LogP contribution < -0.4 is 5.32 Å². The van der Waals surface area contributed by atoms with Crippen LogP contribution in [0.2, 0.25) is 0 Å². The van der Waals surface area contributed by atoms with Crippen molar-refractivity contribution in [1.82, 2.24) is 14.8 Å². The van der Waals surface area contributed by atoms with E-state index in [0.29, 0.717) is 34.1 Å². The van der Waals surface area contributed by atoms with Gasteiger partial charge in [-0.05, 0) is 69.6 Å². The molecule has 2 aliphatic heterocycles. The van der Waals surface area contributed by atoms with Crippen LogP contribution in [0.15, 0.2) is 18.2 Å². The third-order valence-electron chi connectivity index (χ3n) is 6.82. The number of H-pyrrole nitrogens is 1. The number of piperidine rings is 1. The molecule has 0 saturated carbocycles. The van der Waals surface area contributed by atoms with E-state index in [9.17, 15) is 14.0 Å². The fraction of sp³-hybridized carbons (Fsp3) is 0.440. The van der Waals surface area contributed by atoms with Crippen molar-refractivity contribution >= 4 is 29.2 Å². The van der Waals surface area contributed by atoms with Crippen molar-refractivity contribution < 1.29 is 14.0 Å². The number of halogens is 1. The highest BCUT2D eigenvalue weighted by molar-refractivity contribution is 6.34. The standard InChI is InChI=1S/C25H31FN4O2/c1-5-29(6-2)18-9-11-30(12-10-18)25(32)23-15(3)22(27-16(23)4)14-20-19-13-17(26)7-8-21(19)28-24(20)31/h7-8,13-14,18,27H,5-6,9-12H2,1-4H3,(H,28,31)/b20-14-. The molecular weight excluding hydrogens is 407 g/mol. The Balaban J connectivity index is 1.57. The summed E-state index contributed by atoms with van der Waals surface area (Å²) in [5, 5.41) is 2.77. The van der Waals surface area contributed by atoms with Gasteiger partial charge in [-0.15, -0.1) is 0 Å². The van der Waals surface area contributed by atoms with E-state index in [1.54, 1.807) is 12.1 Å². The van der Waals surface area contributed by atoms with Gasteiger partial charge in [0.05, 0.1) is 11.1 Å². The number of aromatic nitrogens is 1. The number of aryl methyl sites for hydroxylation is 1. The number of benzene rings is 1. The molecule has 0 atom stereocenters. The molecule has 1 fully saturated rings. The maximum absolute atomic E-state index is 13.8. The van der Waals surface area contributed by atoms with Crippen molar-refractivity contribution in [1.29, 1.82) is 0 Å². The highest BCUT2D eigenvalue weighted by Gasteiger charge is 2.30. The molecule has 4 rings (SSSR count). The molecule has 0 radical (unpaired) electrons. The number of carbonyl (C=O) groups excluding carboxylic acids is 2. The molecule has 170 valence electrons. The Kier molecular flexibility index (Phi) is 6.20. The maximum Gasteiger partial charge on any atom is 0.256 e. The van der Waals surface area contributed by atoms with Gasteiger partial charge in [-0.3, -0.25) is 9.59 Å². The number of nitrogens with zero attached hydrogens (tertiary/aromatic N) is 2. The van der Waals surface area contributed by atoms with Crippen LogP contribution in [0.5, 0.6) is 0 Å². The van der Waals surface area contributed by atoms with Crippen molar-refractivity contribution in [2.45, 2.75) is 46.6 Å². The molecule has 1 aromatic heterocycles. The Morgan fingerprint density at radius 2 is 1.91 bits per heavy atom. The number of likely N-dealkylation sites (tertiary alicyclic amines) is 1. The summed E-state index contributed by atoms with van der Waals surface area (Å²) in [4.78, 5) is 33.5. The molecular formula is C25H31FN4O2. The fourth-order valence-corrected chi connectivity index (χ4v) is 5.02. The molecule has 0 aliphatic carbocycles. The number of carbonyl (C=O) groups is 2. The van der Waals surface area contributed by atoms with Crippen LogP contribution in [0.4, 0.5) is 10.1 Å². The van der Waals surface area contributed by atoms with Crippen LogP contribution in [0.1, 0.15) is 59.6 Å². The predicted molar refractivity (Wildman–Crippen MR) is 125 cm³/mol. The predicted octanol–water partition coefficient (Wildman–Crippen LogP) is 4.21.